The highest BCUT2D eigenvalue weighted by atomic mass is 35.5. The molecule has 0 aliphatic heterocycles. The molecule has 1 atom stereocenters. The molecule has 1 aromatic heterocycles. The minimum absolute atomic E-state index is 0.149. The Hall–Kier alpha value is -1.32. The van der Waals surface area contributed by atoms with Gasteiger partial charge < -0.3 is 9.73 Å². The van der Waals surface area contributed by atoms with Gasteiger partial charge in [-0.1, -0.05) is 17.7 Å². The van der Waals surface area contributed by atoms with Crippen molar-refractivity contribution in [2.45, 2.75) is 33.4 Å². The number of furan rings is 1. The summed E-state index contributed by atoms with van der Waals surface area (Å²) in [7, 11) is 0. The SMILES string of the molecule is Cc1cc(C(C)NCc2ccc(Cl)c(F)c2)c(C)o1. The zero-order valence-corrected chi connectivity index (χ0v) is 12.0. The number of hydrogen-bond donors (Lipinski definition) is 1. The van der Waals surface area contributed by atoms with E-state index in [1.165, 1.54) is 6.07 Å². The molecular weight excluding hydrogens is 265 g/mol. The highest BCUT2D eigenvalue weighted by Crippen LogP contribution is 2.22. The molecule has 2 aromatic rings. The van der Waals surface area contributed by atoms with Crippen molar-refractivity contribution < 1.29 is 8.81 Å². The molecule has 0 aliphatic rings. The normalized spacial score (nSPS) is 12.7. The van der Waals surface area contributed by atoms with E-state index in [2.05, 4.69) is 12.2 Å². The average molecular weight is 282 g/mol. The van der Waals surface area contributed by atoms with Gasteiger partial charge in [-0.15, -0.1) is 0 Å². The van der Waals surface area contributed by atoms with E-state index in [1.807, 2.05) is 26.0 Å². The first kappa shape index (κ1) is 14.1. The molecular formula is C15H17ClFNO. The third-order valence-corrected chi connectivity index (χ3v) is 3.45. The van der Waals surface area contributed by atoms with Gasteiger partial charge in [0.25, 0.3) is 0 Å². The first-order valence-electron chi connectivity index (χ1n) is 6.21. The Morgan fingerprint density at radius 2 is 2.05 bits per heavy atom. The summed E-state index contributed by atoms with van der Waals surface area (Å²) in [5.74, 6) is 1.43. The van der Waals surface area contributed by atoms with Gasteiger partial charge in [-0.25, -0.2) is 4.39 Å². The maximum absolute atomic E-state index is 13.3. The van der Waals surface area contributed by atoms with Crippen molar-refractivity contribution in [2.75, 3.05) is 0 Å². The van der Waals surface area contributed by atoms with Gasteiger partial charge in [0.05, 0.1) is 5.02 Å². The monoisotopic (exact) mass is 281 g/mol. The molecule has 2 rings (SSSR count). The lowest BCUT2D eigenvalue weighted by Crippen LogP contribution is -2.18. The summed E-state index contributed by atoms with van der Waals surface area (Å²) in [5, 5.41) is 3.50. The molecule has 0 saturated carbocycles. The fourth-order valence-electron chi connectivity index (χ4n) is 2.11. The smallest absolute Gasteiger partial charge is 0.142 e. The minimum atomic E-state index is -0.385. The van der Waals surface area contributed by atoms with Gasteiger partial charge in [-0.05, 0) is 44.5 Å². The van der Waals surface area contributed by atoms with Crippen LogP contribution in [0.3, 0.4) is 0 Å². The molecule has 0 bridgehead atoms. The zero-order chi connectivity index (χ0) is 14.0. The third-order valence-electron chi connectivity index (χ3n) is 3.14. The molecule has 19 heavy (non-hydrogen) atoms. The number of halogens is 2. The Morgan fingerprint density at radius 3 is 2.63 bits per heavy atom. The van der Waals surface area contributed by atoms with E-state index in [4.69, 9.17) is 16.0 Å². The summed E-state index contributed by atoms with van der Waals surface area (Å²) in [6, 6.07) is 7.02. The number of benzene rings is 1. The van der Waals surface area contributed by atoms with E-state index in [0.717, 1.165) is 22.6 Å². The van der Waals surface area contributed by atoms with Crippen molar-refractivity contribution >= 4 is 11.6 Å². The van der Waals surface area contributed by atoms with Crippen LogP contribution in [0.25, 0.3) is 0 Å². The Balaban J connectivity index is 2.02. The Morgan fingerprint density at radius 1 is 1.32 bits per heavy atom. The number of rotatable bonds is 4. The van der Waals surface area contributed by atoms with Gasteiger partial charge >= 0.3 is 0 Å². The van der Waals surface area contributed by atoms with Crippen LogP contribution in [-0.4, -0.2) is 0 Å². The van der Waals surface area contributed by atoms with Crippen LogP contribution in [0.1, 0.15) is 35.6 Å². The molecule has 1 heterocycles. The maximum atomic E-state index is 13.3. The third kappa shape index (κ3) is 3.37. The van der Waals surface area contributed by atoms with Crippen molar-refractivity contribution in [3.63, 3.8) is 0 Å². The van der Waals surface area contributed by atoms with Gasteiger partial charge in [-0.3, -0.25) is 0 Å². The van der Waals surface area contributed by atoms with Crippen molar-refractivity contribution in [3.8, 4) is 0 Å². The van der Waals surface area contributed by atoms with E-state index in [0.29, 0.717) is 6.54 Å². The summed E-state index contributed by atoms with van der Waals surface area (Å²) in [4.78, 5) is 0. The van der Waals surface area contributed by atoms with Gasteiger partial charge in [0.2, 0.25) is 0 Å². The predicted molar refractivity (Wildman–Crippen MR) is 74.8 cm³/mol. The standard InChI is InChI=1S/C15H17ClFNO/c1-9-6-13(11(3)19-9)10(2)18-8-12-4-5-14(16)15(17)7-12/h4-7,10,18H,8H2,1-3H3. The molecule has 1 N–H and O–H groups in total. The Labute approximate surface area is 117 Å². The predicted octanol–water partition coefficient (Wildman–Crippen LogP) is 4.54. The number of hydrogen-bond acceptors (Lipinski definition) is 2. The first-order valence-corrected chi connectivity index (χ1v) is 6.59. The highest BCUT2D eigenvalue weighted by molar-refractivity contribution is 6.30. The zero-order valence-electron chi connectivity index (χ0n) is 11.3. The lowest BCUT2D eigenvalue weighted by atomic mass is 10.1. The lowest BCUT2D eigenvalue weighted by Gasteiger charge is -2.13. The largest absolute Gasteiger partial charge is 0.466 e. The van der Waals surface area contributed by atoms with Gasteiger partial charge in [0.15, 0.2) is 0 Å². The van der Waals surface area contributed by atoms with Crippen molar-refractivity contribution in [3.05, 3.63) is 57.8 Å². The van der Waals surface area contributed by atoms with Crippen LogP contribution in [-0.2, 0) is 6.54 Å². The molecule has 0 saturated heterocycles. The first-order chi connectivity index (χ1) is 8.97. The highest BCUT2D eigenvalue weighted by Gasteiger charge is 2.12. The Kier molecular flexibility index (Phi) is 4.27. The molecule has 0 fully saturated rings. The molecule has 0 spiro atoms. The summed E-state index contributed by atoms with van der Waals surface area (Å²) in [6.07, 6.45) is 0. The molecule has 102 valence electrons. The average Bonchev–Trinajstić information content (AvgIpc) is 2.70. The van der Waals surface area contributed by atoms with Crippen molar-refractivity contribution in [1.29, 1.82) is 0 Å². The lowest BCUT2D eigenvalue weighted by molar-refractivity contribution is 0.489. The quantitative estimate of drug-likeness (QED) is 0.890. The molecule has 0 aliphatic carbocycles. The molecule has 1 aromatic carbocycles. The van der Waals surface area contributed by atoms with E-state index in [1.54, 1.807) is 6.07 Å². The van der Waals surface area contributed by atoms with Crippen molar-refractivity contribution in [1.82, 2.24) is 5.32 Å². The fourth-order valence-corrected chi connectivity index (χ4v) is 2.23. The van der Waals surface area contributed by atoms with Crippen LogP contribution in [0.4, 0.5) is 4.39 Å². The summed E-state index contributed by atoms with van der Waals surface area (Å²) in [5.41, 5.74) is 2.00. The molecule has 1 unspecified atom stereocenters. The van der Waals surface area contributed by atoms with Crippen LogP contribution >= 0.6 is 11.6 Å². The fraction of sp³-hybridized carbons (Fsp3) is 0.333. The van der Waals surface area contributed by atoms with Crippen LogP contribution in [0.2, 0.25) is 5.02 Å². The van der Waals surface area contributed by atoms with Crippen LogP contribution in [0, 0.1) is 19.7 Å². The van der Waals surface area contributed by atoms with Crippen molar-refractivity contribution in [2.24, 2.45) is 0 Å². The van der Waals surface area contributed by atoms with E-state index in [-0.39, 0.29) is 16.9 Å². The van der Waals surface area contributed by atoms with E-state index < -0.39 is 0 Å². The van der Waals surface area contributed by atoms with Crippen LogP contribution < -0.4 is 5.32 Å². The summed E-state index contributed by atoms with van der Waals surface area (Å²) >= 11 is 5.65. The van der Waals surface area contributed by atoms with E-state index in [9.17, 15) is 4.39 Å². The molecule has 0 radical (unpaired) electrons. The summed E-state index contributed by atoms with van der Waals surface area (Å²) in [6.45, 7) is 6.52. The number of aryl methyl sites for hydroxylation is 2. The maximum Gasteiger partial charge on any atom is 0.142 e. The van der Waals surface area contributed by atoms with Crippen LogP contribution in [0.15, 0.2) is 28.7 Å². The van der Waals surface area contributed by atoms with Gasteiger partial charge in [-0.2, -0.15) is 0 Å². The van der Waals surface area contributed by atoms with Crippen LogP contribution in [0.5, 0.6) is 0 Å². The molecule has 0 amide bonds. The minimum Gasteiger partial charge on any atom is -0.466 e. The topological polar surface area (TPSA) is 25.2 Å². The molecule has 4 heteroatoms. The van der Waals surface area contributed by atoms with Gasteiger partial charge in [0, 0.05) is 18.2 Å². The Bertz CT molecular complexity index is 580. The number of nitrogens with one attached hydrogen (secondary N) is 1. The molecule has 2 nitrogen and oxygen atoms in total. The van der Waals surface area contributed by atoms with E-state index >= 15 is 0 Å². The van der Waals surface area contributed by atoms with Gasteiger partial charge in [0.1, 0.15) is 17.3 Å². The second kappa shape index (κ2) is 5.76. The summed E-state index contributed by atoms with van der Waals surface area (Å²) < 4.78 is 18.8. The second-order valence-electron chi connectivity index (χ2n) is 4.72. The second-order valence-corrected chi connectivity index (χ2v) is 5.13.